The zero-order valence-electron chi connectivity index (χ0n) is 12.0. The summed E-state index contributed by atoms with van der Waals surface area (Å²) < 4.78 is 19.5. The van der Waals surface area contributed by atoms with Gasteiger partial charge in [-0.1, -0.05) is 6.92 Å². The topological polar surface area (TPSA) is 54.5 Å². The van der Waals surface area contributed by atoms with Crippen molar-refractivity contribution in [3.8, 4) is 0 Å². The minimum Gasteiger partial charge on any atom is -0.379 e. The van der Waals surface area contributed by atoms with Gasteiger partial charge in [-0.25, -0.2) is 9.37 Å². The highest BCUT2D eigenvalue weighted by Gasteiger charge is 2.30. The van der Waals surface area contributed by atoms with Crippen LogP contribution in [-0.2, 0) is 4.74 Å². The van der Waals surface area contributed by atoms with Crippen molar-refractivity contribution in [3.63, 3.8) is 0 Å². The summed E-state index contributed by atoms with van der Waals surface area (Å²) in [6.07, 6.45) is 2.29. The van der Waals surface area contributed by atoms with Gasteiger partial charge in [0.25, 0.3) is 5.91 Å². The Hall–Kier alpha value is -1.69. The first-order valence-corrected chi connectivity index (χ1v) is 6.72. The van der Waals surface area contributed by atoms with E-state index >= 15 is 0 Å². The van der Waals surface area contributed by atoms with E-state index in [1.54, 1.807) is 19.1 Å². The zero-order valence-corrected chi connectivity index (χ0v) is 12.0. The highest BCUT2D eigenvalue weighted by atomic mass is 19.1. The van der Waals surface area contributed by atoms with Crippen LogP contribution in [0.2, 0.25) is 0 Å². The van der Waals surface area contributed by atoms with E-state index < -0.39 is 5.82 Å². The third-order valence-corrected chi connectivity index (χ3v) is 3.84. The molecule has 1 aliphatic heterocycles. The lowest BCUT2D eigenvalue weighted by atomic mass is 9.95. The number of hydrogen-bond donors (Lipinski definition) is 1. The van der Waals surface area contributed by atoms with E-state index in [0.29, 0.717) is 19.0 Å². The molecule has 2 heterocycles. The SMILES string of the molecule is CNc1nccc(C(=O)N2CCC(C)C(OC)C2)c1F. The number of nitrogens with one attached hydrogen (secondary N) is 1. The molecule has 0 spiro atoms. The van der Waals surface area contributed by atoms with Gasteiger partial charge < -0.3 is 15.0 Å². The highest BCUT2D eigenvalue weighted by Crippen LogP contribution is 2.23. The summed E-state index contributed by atoms with van der Waals surface area (Å²) in [6, 6.07) is 1.42. The molecule has 1 aromatic rings. The molecule has 1 aromatic heterocycles. The number of hydrogen-bond acceptors (Lipinski definition) is 4. The van der Waals surface area contributed by atoms with Gasteiger partial charge in [0.05, 0.1) is 11.7 Å². The summed E-state index contributed by atoms with van der Waals surface area (Å²) in [5.41, 5.74) is 0.0498. The lowest BCUT2D eigenvalue weighted by molar-refractivity contribution is -0.00172. The quantitative estimate of drug-likeness (QED) is 0.917. The van der Waals surface area contributed by atoms with Crippen molar-refractivity contribution in [1.29, 1.82) is 0 Å². The molecule has 1 N–H and O–H groups in total. The first kappa shape index (κ1) is 14.7. The molecular weight excluding hydrogens is 261 g/mol. The monoisotopic (exact) mass is 281 g/mol. The number of amides is 1. The molecule has 2 unspecified atom stereocenters. The Morgan fingerprint density at radius 3 is 3.00 bits per heavy atom. The number of aromatic nitrogens is 1. The summed E-state index contributed by atoms with van der Waals surface area (Å²) in [7, 11) is 3.21. The van der Waals surface area contributed by atoms with Crippen molar-refractivity contribution in [2.45, 2.75) is 19.4 Å². The van der Waals surface area contributed by atoms with Crippen molar-refractivity contribution >= 4 is 11.7 Å². The van der Waals surface area contributed by atoms with Gasteiger partial charge >= 0.3 is 0 Å². The van der Waals surface area contributed by atoms with E-state index in [-0.39, 0.29) is 23.4 Å². The van der Waals surface area contributed by atoms with Crippen LogP contribution in [0.3, 0.4) is 0 Å². The van der Waals surface area contributed by atoms with Crippen LogP contribution in [0.15, 0.2) is 12.3 Å². The van der Waals surface area contributed by atoms with E-state index in [4.69, 9.17) is 4.74 Å². The Balaban J connectivity index is 2.19. The highest BCUT2D eigenvalue weighted by molar-refractivity contribution is 5.95. The van der Waals surface area contributed by atoms with Crippen molar-refractivity contribution in [2.75, 3.05) is 32.6 Å². The maximum absolute atomic E-state index is 14.1. The van der Waals surface area contributed by atoms with Crippen LogP contribution >= 0.6 is 0 Å². The van der Waals surface area contributed by atoms with Gasteiger partial charge in [0.2, 0.25) is 0 Å². The van der Waals surface area contributed by atoms with E-state index in [2.05, 4.69) is 17.2 Å². The molecule has 1 fully saturated rings. The van der Waals surface area contributed by atoms with Crippen LogP contribution in [0.4, 0.5) is 10.2 Å². The molecule has 1 saturated heterocycles. The van der Waals surface area contributed by atoms with Crippen LogP contribution in [-0.4, -0.2) is 49.1 Å². The fourth-order valence-electron chi connectivity index (χ4n) is 2.48. The van der Waals surface area contributed by atoms with Gasteiger partial charge in [-0.2, -0.15) is 0 Å². The number of likely N-dealkylation sites (tertiary alicyclic amines) is 1. The third-order valence-electron chi connectivity index (χ3n) is 3.84. The van der Waals surface area contributed by atoms with E-state index in [0.717, 1.165) is 6.42 Å². The standard InChI is InChI=1S/C14H20FN3O2/c1-9-5-7-18(8-11(9)20-3)14(19)10-4-6-17-13(16-2)12(10)15/h4,6,9,11H,5,7-8H2,1-3H3,(H,16,17). The number of anilines is 1. The smallest absolute Gasteiger partial charge is 0.257 e. The Kier molecular flexibility index (Phi) is 4.54. The number of methoxy groups -OCH3 is 1. The molecule has 0 saturated carbocycles. The van der Waals surface area contributed by atoms with Crippen LogP contribution in [0, 0.1) is 11.7 Å². The Morgan fingerprint density at radius 1 is 1.60 bits per heavy atom. The number of nitrogens with zero attached hydrogens (tertiary/aromatic N) is 2. The fraction of sp³-hybridized carbons (Fsp3) is 0.571. The van der Waals surface area contributed by atoms with E-state index in [1.807, 2.05) is 0 Å². The molecule has 1 amide bonds. The fourth-order valence-corrected chi connectivity index (χ4v) is 2.48. The average molecular weight is 281 g/mol. The van der Waals surface area contributed by atoms with Crippen LogP contribution in [0.1, 0.15) is 23.7 Å². The molecule has 2 rings (SSSR count). The summed E-state index contributed by atoms with van der Waals surface area (Å²) in [6.45, 7) is 3.21. The summed E-state index contributed by atoms with van der Waals surface area (Å²) in [4.78, 5) is 17.9. The van der Waals surface area contributed by atoms with Crippen LogP contribution < -0.4 is 5.32 Å². The number of rotatable bonds is 3. The van der Waals surface area contributed by atoms with Gasteiger partial charge in [-0.05, 0) is 18.4 Å². The molecular formula is C14H20FN3O2. The lowest BCUT2D eigenvalue weighted by Gasteiger charge is -2.36. The molecule has 110 valence electrons. The second-order valence-electron chi connectivity index (χ2n) is 5.06. The van der Waals surface area contributed by atoms with Gasteiger partial charge in [-0.15, -0.1) is 0 Å². The molecule has 6 heteroatoms. The third kappa shape index (κ3) is 2.75. The van der Waals surface area contributed by atoms with Gasteiger partial charge in [0.1, 0.15) is 0 Å². The van der Waals surface area contributed by atoms with Crippen molar-refractivity contribution in [2.24, 2.45) is 5.92 Å². The Labute approximate surface area is 118 Å². The minimum absolute atomic E-state index is 0.00127. The Morgan fingerprint density at radius 2 is 2.35 bits per heavy atom. The van der Waals surface area contributed by atoms with Crippen LogP contribution in [0.5, 0.6) is 0 Å². The second kappa shape index (κ2) is 6.17. The number of carbonyl (C=O) groups excluding carboxylic acids is 1. The first-order valence-electron chi connectivity index (χ1n) is 6.72. The van der Waals surface area contributed by atoms with E-state index in [9.17, 15) is 9.18 Å². The maximum atomic E-state index is 14.1. The number of piperidine rings is 1. The van der Waals surface area contributed by atoms with Crippen molar-refractivity contribution < 1.29 is 13.9 Å². The Bertz CT molecular complexity index is 495. The molecule has 1 aliphatic rings. The maximum Gasteiger partial charge on any atom is 0.257 e. The first-order chi connectivity index (χ1) is 9.58. The molecule has 5 nitrogen and oxygen atoms in total. The summed E-state index contributed by atoms with van der Waals surface area (Å²) in [5, 5.41) is 2.64. The number of pyridine rings is 1. The van der Waals surface area contributed by atoms with Gasteiger partial charge in [0, 0.05) is 33.4 Å². The second-order valence-corrected chi connectivity index (χ2v) is 5.06. The predicted octanol–water partition coefficient (Wildman–Crippen LogP) is 1.76. The minimum atomic E-state index is -0.604. The molecule has 0 aromatic carbocycles. The van der Waals surface area contributed by atoms with E-state index in [1.165, 1.54) is 12.3 Å². The lowest BCUT2D eigenvalue weighted by Crippen LogP contribution is -2.46. The normalized spacial score (nSPS) is 22.7. The van der Waals surface area contributed by atoms with Crippen molar-refractivity contribution in [1.82, 2.24) is 9.88 Å². The molecule has 0 bridgehead atoms. The van der Waals surface area contributed by atoms with Gasteiger partial charge in [0.15, 0.2) is 11.6 Å². The zero-order chi connectivity index (χ0) is 14.7. The summed E-state index contributed by atoms with van der Waals surface area (Å²) >= 11 is 0. The molecule has 2 atom stereocenters. The molecule has 0 aliphatic carbocycles. The summed E-state index contributed by atoms with van der Waals surface area (Å²) in [5.74, 6) is -0.424. The molecule has 20 heavy (non-hydrogen) atoms. The predicted molar refractivity (Wildman–Crippen MR) is 74.2 cm³/mol. The largest absolute Gasteiger partial charge is 0.379 e. The number of carbonyl (C=O) groups is 1. The molecule has 0 radical (unpaired) electrons. The van der Waals surface area contributed by atoms with Gasteiger partial charge in [-0.3, -0.25) is 4.79 Å². The van der Waals surface area contributed by atoms with Crippen LogP contribution in [0.25, 0.3) is 0 Å². The number of ether oxygens (including phenoxy) is 1. The number of halogens is 1. The average Bonchev–Trinajstić information content (AvgIpc) is 2.47. The van der Waals surface area contributed by atoms with Crippen molar-refractivity contribution in [3.05, 3.63) is 23.6 Å².